The lowest BCUT2D eigenvalue weighted by Crippen LogP contribution is -2.00. The van der Waals surface area contributed by atoms with Crippen LogP contribution in [0.4, 0.5) is 0 Å². The van der Waals surface area contributed by atoms with Crippen molar-refractivity contribution >= 4 is 16.9 Å². The topological polar surface area (TPSA) is 37.3 Å². The number of aliphatic hydroxyl groups excluding tert-OH is 1. The lowest BCUT2D eigenvalue weighted by atomic mass is 10.0. The van der Waals surface area contributed by atoms with Crippen molar-refractivity contribution in [3.05, 3.63) is 46.6 Å². The van der Waals surface area contributed by atoms with Crippen LogP contribution >= 0.6 is 11.8 Å². The Kier molecular flexibility index (Phi) is 4.43. The molecular weight excluding hydrogens is 208 g/mol. The molecule has 0 aromatic heterocycles. The standard InChI is InChI=1S/C12H14O2S/c1-3-10-9(2)5-4-6-11(10)12(14)15-8-7-13/h4-8,13H,3H2,1-2H3/b8-7+. The molecule has 0 aliphatic rings. The molecule has 3 heteroatoms. The summed E-state index contributed by atoms with van der Waals surface area (Å²) in [6.07, 6.45) is 1.72. The summed E-state index contributed by atoms with van der Waals surface area (Å²) in [5.74, 6) is 0. The number of benzene rings is 1. The molecule has 0 aliphatic carbocycles. The quantitative estimate of drug-likeness (QED) is 0.796. The van der Waals surface area contributed by atoms with E-state index in [1.807, 2.05) is 32.0 Å². The zero-order chi connectivity index (χ0) is 11.3. The predicted molar refractivity (Wildman–Crippen MR) is 64.2 cm³/mol. The Morgan fingerprint density at radius 1 is 1.53 bits per heavy atom. The number of aryl methyl sites for hydroxylation is 1. The molecular formula is C12H14O2S. The highest BCUT2D eigenvalue weighted by molar-refractivity contribution is 8.16. The van der Waals surface area contributed by atoms with Gasteiger partial charge < -0.3 is 5.11 Å². The Morgan fingerprint density at radius 3 is 2.87 bits per heavy atom. The predicted octanol–water partition coefficient (Wildman–Crippen LogP) is 3.46. The normalized spacial score (nSPS) is 10.8. The summed E-state index contributed by atoms with van der Waals surface area (Å²) in [6.45, 7) is 4.04. The van der Waals surface area contributed by atoms with E-state index in [9.17, 15) is 4.79 Å². The molecule has 0 bridgehead atoms. The van der Waals surface area contributed by atoms with Crippen molar-refractivity contribution in [3.8, 4) is 0 Å². The van der Waals surface area contributed by atoms with Crippen LogP contribution in [0.3, 0.4) is 0 Å². The molecule has 1 rings (SSSR count). The van der Waals surface area contributed by atoms with Gasteiger partial charge in [0.1, 0.15) is 0 Å². The molecule has 0 saturated heterocycles. The van der Waals surface area contributed by atoms with Crippen molar-refractivity contribution in [2.45, 2.75) is 20.3 Å². The fourth-order valence-electron chi connectivity index (χ4n) is 1.52. The van der Waals surface area contributed by atoms with Gasteiger partial charge in [-0.2, -0.15) is 0 Å². The number of carbonyl (C=O) groups excluding carboxylic acids is 1. The zero-order valence-corrected chi connectivity index (χ0v) is 9.67. The van der Waals surface area contributed by atoms with Crippen LogP contribution in [-0.4, -0.2) is 10.2 Å². The third-order valence-electron chi connectivity index (χ3n) is 2.22. The van der Waals surface area contributed by atoms with Crippen LogP contribution in [0.1, 0.15) is 28.4 Å². The van der Waals surface area contributed by atoms with Gasteiger partial charge in [-0.1, -0.05) is 36.9 Å². The van der Waals surface area contributed by atoms with Gasteiger partial charge in [-0.25, -0.2) is 0 Å². The lowest BCUT2D eigenvalue weighted by molar-refractivity contribution is 0.108. The molecule has 0 aliphatic heterocycles. The molecule has 80 valence electrons. The van der Waals surface area contributed by atoms with E-state index in [0.717, 1.165) is 41.1 Å². The van der Waals surface area contributed by atoms with Crippen LogP contribution < -0.4 is 0 Å². The summed E-state index contributed by atoms with van der Waals surface area (Å²) in [4.78, 5) is 11.7. The monoisotopic (exact) mass is 222 g/mol. The third kappa shape index (κ3) is 2.86. The van der Waals surface area contributed by atoms with Gasteiger partial charge in [0.05, 0.1) is 6.26 Å². The second-order valence-electron chi connectivity index (χ2n) is 3.15. The third-order valence-corrected chi connectivity index (χ3v) is 2.91. The zero-order valence-electron chi connectivity index (χ0n) is 8.86. The number of hydrogen-bond donors (Lipinski definition) is 1. The summed E-state index contributed by atoms with van der Waals surface area (Å²) < 4.78 is 0. The minimum Gasteiger partial charge on any atom is -0.515 e. The fourth-order valence-corrected chi connectivity index (χ4v) is 2.02. The van der Waals surface area contributed by atoms with Crippen LogP contribution in [0, 0.1) is 6.92 Å². The SMILES string of the molecule is CCc1c(C)cccc1C(=O)S/C=C/O. The van der Waals surface area contributed by atoms with Gasteiger partial charge in [0.15, 0.2) is 0 Å². The summed E-state index contributed by atoms with van der Waals surface area (Å²) in [7, 11) is 0. The van der Waals surface area contributed by atoms with E-state index >= 15 is 0 Å². The number of aliphatic hydroxyl groups is 1. The summed E-state index contributed by atoms with van der Waals surface area (Å²) >= 11 is 0.998. The van der Waals surface area contributed by atoms with E-state index in [1.165, 1.54) is 5.41 Å². The van der Waals surface area contributed by atoms with Crippen molar-refractivity contribution in [2.24, 2.45) is 0 Å². The smallest absolute Gasteiger partial charge is 0.223 e. The van der Waals surface area contributed by atoms with Crippen LogP contribution in [0.2, 0.25) is 0 Å². The Hall–Kier alpha value is -1.22. The first-order chi connectivity index (χ1) is 7.20. The first kappa shape index (κ1) is 11.9. The molecule has 0 spiro atoms. The molecule has 0 radical (unpaired) electrons. The molecule has 1 N–H and O–H groups in total. The van der Waals surface area contributed by atoms with Crippen molar-refractivity contribution in [2.75, 3.05) is 0 Å². The van der Waals surface area contributed by atoms with E-state index in [2.05, 4.69) is 0 Å². The van der Waals surface area contributed by atoms with Crippen LogP contribution in [0.15, 0.2) is 29.9 Å². The lowest BCUT2D eigenvalue weighted by Gasteiger charge is -2.08. The van der Waals surface area contributed by atoms with E-state index in [1.54, 1.807) is 0 Å². The second kappa shape index (κ2) is 5.61. The highest BCUT2D eigenvalue weighted by Gasteiger charge is 2.10. The number of thioether (sulfide) groups is 1. The molecule has 1 aromatic rings. The van der Waals surface area contributed by atoms with Gasteiger partial charge in [-0.15, -0.1) is 0 Å². The summed E-state index contributed by atoms with van der Waals surface area (Å²) in [6, 6.07) is 5.71. The maximum absolute atomic E-state index is 11.7. The molecule has 0 unspecified atom stereocenters. The summed E-state index contributed by atoms with van der Waals surface area (Å²) in [5.41, 5.74) is 2.96. The molecule has 0 fully saturated rings. The first-order valence-corrected chi connectivity index (χ1v) is 5.67. The number of rotatable bonds is 3. The van der Waals surface area contributed by atoms with Gasteiger partial charge in [-0.05, 0) is 24.5 Å². The van der Waals surface area contributed by atoms with Gasteiger partial charge in [0.25, 0.3) is 0 Å². The van der Waals surface area contributed by atoms with Gasteiger partial charge in [-0.3, -0.25) is 4.79 Å². The van der Waals surface area contributed by atoms with Crippen molar-refractivity contribution in [1.29, 1.82) is 0 Å². The average molecular weight is 222 g/mol. The molecule has 1 aromatic carbocycles. The van der Waals surface area contributed by atoms with E-state index < -0.39 is 0 Å². The Bertz CT molecular complexity index is 383. The maximum atomic E-state index is 11.7. The van der Waals surface area contributed by atoms with Crippen molar-refractivity contribution in [3.63, 3.8) is 0 Å². The molecule has 0 amide bonds. The molecule has 0 heterocycles. The number of hydrogen-bond acceptors (Lipinski definition) is 3. The molecule has 15 heavy (non-hydrogen) atoms. The van der Waals surface area contributed by atoms with Crippen molar-refractivity contribution in [1.82, 2.24) is 0 Å². The van der Waals surface area contributed by atoms with Gasteiger partial charge >= 0.3 is 0 Å². The Labute approximate surface area is 94.0 Å². The number of carbonyl (C=O) groups is 1. The highest BCUT2D eigenvalue weighted by atomic mass is 32.2. The van der Waals surface area contributed by atoms with E-state index in [4.69, 9.17) is 5.11 Å². The van der Waals surface area contributed by atoms with Crippen LogP contribution in [0.5, 0.6) is 0 Å². The molecule has 0 atom stereocenters. The van der Waals surface area contributed by atoms with Gasteiger partial charge in [0.2, 0.25) is 5.12 Å². The Balaban J connectivity index is 3.02. The summed E-state index contributed by atoms with van der Waals surface area (Å²) in [5, 5.41) is 9.84. The van der Waals surface area contributed by atoms with Crippen LogP contribution in [-0.2, 0) is 6.42 Å². The minimum atomic E-state index is -0.0270. The molecule has 0 saturated carbocycles. The largest absolute Gasteiger partial charge is 0.515 e. The first-order valence-electron chi connectivity index (χ1n) is 4.79. The minimum absolute atomic E-state index is 0.0270. The average Bonchev–Trinajstić information content (AvgIpc) is 2.25. The van der Waals surface area contributed by atoms with E-state index in [-0.39, 0.29) is 5.12 Å². The highest BCUT2D eigenvalue weighted by Crippen LogP contribution is 2.20. The van der Waals surface area contributed by atoms with Gasteiger partial charge in [0, 0.05) is 11.0 Å². The molecule has 2 nitrogen and oxygen atoms in total. The fraction of sp³-hybridized carbons (Fsp3) is 0.250. The van der Waals surface area contributed by atoms with E-state index in [0.29, 0.717) is 0 Å². The Morgan fingerprint density at radius 2 is 2.27 bits per heavy atom. The van der Waals surface area contributed by atoms with Crippen molar-refractivity contribution < 1.29 is 9.90 Å². The second-order valence-corrected chi connectivity index (χ2v) is 4.02. The maximum Gasteiger partial charge on any atom is 0.223 e. The van der Waals surface area contributed by atoms with Crippen LogP contribution in [0.25, 0.3) is 0 Å².